The minimum absolute atomic E-state index is 0.365. The quantitative estimate of drug-likeness (QED) is 0.800. The number of nitrogens with one attached hydrogen (secondary N) is 1. The van der Waals surface area contributed by atoms with Gasteiger partial charge in [-0.2, -0.15) is 0 Å². The molecule has 0 saturated carbocycles. The van der Waals surface area contributed by atoms with Gasteiger partial charge in [-0.25, -0.2) is 0 Å². The van der Waals surface area contributed by atoms with Crippen molar-refractivity contribution < 1.29 is 0 Å². The summed E-state index contributed by atoms with van der Waals surface area (Å²) >= 11 is 3.72. The molecule has 0 heterocycles. The van der Waals surface area contributed by atoms with Crippen LogP contribution in [0.25, 0.3) is 0 Å². The first-order valence-electron chi connectivity index (χ1n) is 7.36. The summed E-state index contributed by atoms with van der Waals surface area (Å²) in [7, 11) is 2.11. The summed E-state index contributed by atoms with van der Waals surface area (Å²) in [4.78, 5) is 2.22. The van der Waals surface area contributed by atoms with Gasteiger partial charge in [0.05, 0.1) is 5.69 Å². The maximum absolute atomic E-state index is 3.72. The van der Waals surface area contributed by atoms with Gasteiger partial charge < -0.3 is 10.2 Å². The van der Waals surface area contributed by atoms with Gasteiger partial charge in [0.15, 0.2) is 0 Å². The maximum atomic E-state index is 3.72. The summed E-state index contributed by atoms with van der Waals surface area (Å²) < 4.78 is 1.12. The Morgan fingerprint density at radius 3 is 2.48 bits per heavy atom. The van der Waals surface area contributed by atoms with E-state index in [1.165, 1.54) is 22.5 Å². The van der Waals surface area contributed by atoms with E-state index in [1.54, 1.807) is 0 Å². The van der Waals surface area contributed by atoms with Crippen molar-refractivity contribution in [1.29, 1.82) is 0 Å². The molecule has 0 amide bonds. The van der Waals surface area contributed by atoms with Gasteiger partial charge in [-0.3, -0.25) is 0 Å². The molecule has 3 heteroatoms. The number of anilines is 2. The van der Waals surface area contributed by atoms with E-state index < -0.39 is 0 Å². The van der Waals surface area contributed by atoms with E-state index in [0.717, 1.165) is 11.0 Å². The fourth-order valence-electron chi connectivity index (χ4n) is 2.56. The molecule has 1 unspecified atom stereocenters. The average Bonchev–Trinajstić information content (AvgIpc) is 2.47. The first-order chi connectivity index (χ1) is 10.0. The highest BCUT2D eigenvalue weighted by atomic mass is 79.9. The van der Waals surface area contributed by atoms with Gasteiger partial charge >= 0.3 is 0 Å². The Morgan fingerprint density at radius 1 is 1.14 bits per heavy atom. The number of benzene rings is 2. The van der Waals surface area contributed by atoms with Crippen LogP contribution in [-0.2, 0) is 0 Å². The maximum Gasteiger partial charge on any atom is 0.0552 e. The number of nitrogens with zero attached hydrogens (tertiary/aromatic N) is 1. The Labute approximate surface area is 136 Å². The lowest BCUT2D eigenvalue weighted by Gasteiger charge is -2.24. The second-order valence-corrected chi connectivity index (χ2v) is 6.19. The van der Waals surface area contributed by atoms with Crippen molar-refractivity contribution in [2.24, 2.45) is 0 Å². The first-order valence-corrected chi connectivity index (χ1v) is 8.16. The average molecular weight is 347 g/mol. The molecule has 0 aliphatic carbocycles. The molecule has 0 aliphatic heterocycles. The molecule has 0 aliphatic rings. The summed E-state index contributed by atoms with van der Waals surface area (Å²) in [6, 6.07) is 15.4. The van der Waals surface area contributed by atoms with Crippen LogP contribution in [0.3, 0.4) is 0 Å². The van der Waals surface area contributed by atoms with Crippen LogP contribution >= 0.6 is 15.9 Å². The lowest BCUT2D eigenvalue weighted by atomic mass is 10.1. The molecular formula is C18H23BrN2. The van der Waals surface area contributed by atoms with Crippen LogP contribution in [-0.4, -0.2) is 13.6 Å². The van der Waals surface area contributed by atoms with Crippen LogP contribution in [0.1, 0.15) is 31.0 Å². The third-order valence-corrected chi connectivity index (χ3v) is 4.46. The highest BCUT2D eigenvalue weighted by Gasteiger charge is 2.12. The molecular weight excluding hydrogens is 324 g/mol. The highest BCUT2D eigenvalue weighted by molar-refractivity contribution is 9.10. The molecule has 0 aromatic heterocycles. The molecule has 2 nitrogen and oxygen atoms in total. The SMILES string of the molecule is CCNC(C)c1ccc(N(C)c2ccccc2C)c(Br)c1. The van der Waals surface area contributed by atoms with E-state index in [1.807, 2.05) is 0 Å². The minimum Gasteiger partial charge on any atom is -0.343 e. The van der Waals surface area contributed by atoms with Gasteiger partial charge in [-0.05, 0) is 65.6 Å². The second kappa shape index (κ2) is 7.10. The lowest BCUT2D eigenvalue weighted by Crippen LogP contribution is -2.18. The predicted octanol–water partition coefficient (Wildman–Crippen LogP) is 5.20. The van der Waals surface area contributed by atoms with E-state index in [9.17, 15) is 0 Å². The van der Waals surface area contributed by atoms with Gasteiger partial charge in [0, 0.05) is 23.2 Å². The normalized spacial score (nSPS) is 12.2. The molecule has 0 fully saturated rings. The van der Waals surface area contributed by atoms with E-state index >= 15 is 0 Å². The van der Waals surface area contributed by atoms with Gasteiger partial charge in [-0.1, -0.05) is 31.2 Å². The van der Waals surface area contributed by atoms with Gasteiger partial charge in [-0.15, -0.1) is 0 Å². The Balaban J connectivity index is 2.31. The molecule has 0 bridgehead atoms. The lowest BCUT2D eigenvalue weighted by molar-refractivity contribution is 0.598. The second-order valence-electron chi connectivity index (χ2n) is 5.34. The number of aryl methyl sites for hydroxylation is 1. The minimum atomic E-state index is 0.365. The van der Waals surface area contributed by atoms with E-state index in [2.05, 4.69) is 96.4 Å². The van der Waals surface area contributed by atoms with Crippen LogP contribution in [0.4, 0.5) is 11.4 Å². The molecule has 1 N–H and O–H groups in total. The van der Waals surface area contributed by atoms with Crippen LogP contribution in [0.5, 0.6) is 0 Å². The number of hydrogen-bond donors (Lipinski definition) is 1. The van der Waals surface area contributed by atoms with Gasteiger partial charge in [0.25, 0.3) is 0 Å². The summed E-state index contributed by atoms with van der Waals surface area (Å²) in [5.41, 5.74) is 4.98. The molecule has 0 saturated heterocycles. The number of rotatable bonds is 5. The first kappa shape index (κ1) is 16.1. The zero-order chi connectivity index (χ0) is 15.4. The zero-order valence-corrected chi connectivity index (χ0v) is 14.7. The van der Waals surface area contributed by atoms with Crippen molar-refractivity contribution in [3.05, 3.63) is 58.1 Å². The summed E-state index contributed by atoms with van der Waals surface area (Å²) in [6.07, 6.45) is 0. The Hall–Kier alpha value is -1.32. The Morgan fingerprint density at radius 2 is 1.86 bits per heavy atom. The number of halogens is 1. The number of hydrogen-bond acceptors (Lipinski definition) is 2. The van der Waals surface area contributed by atoms with Crippen molar-refractivity contribution >= 4 is 27.3 Å². The van der Waals surface area contributed by atoms with Crippen molar-refractivity contribution in [3.63, 3.8) is 0 Å². The predicted molar refractivity (Wildman–Crippen MR) is 95.5 cm³/mol. The highest BCUT2D eigenvalue weighted by Crippen LogP contribution is 2.34. The smallest absolute Gasteiger partial charge is 0.0552 e. The third-order valence-electron chi connectivity index (χ3n) is 3.82. The number of para-hydroxylation sites is 1. The summed E-state index contributed by atoms with van der Waals surface area (Å²) in [6.45, 7) is 7.44. The molecule has 2 aromatic carbocycles. The fourth-order valence-corrected chi connectivity index (χ4v) is 3.22. The van der Waals surface area contributed by atoms with Crippen molar-refractivity contribution in [1.82, 2.24) is 5.32 Å². The van der Waals surface area contributed by atoms with E-state index in [4.69, 9.17) is 0 Å². The zero-order valence-electron chi connectivity index (χ0n) is 13.2. The molecule has 1 atom stereocenters. The Kier molecular flexibility index (Phi) is 5.43. The summed E-state index contributed by atoms with van der Waals surface area (Å²) in [5, 5.41) is 3.44. The van der Waals surface area contributed by atoms with E-state index in [0.29, 0.717) is 6.04 Å². The Bertz CT molecular complexity index is 610. The third kappa shape index (κ3) is 3.66. The van der Waals surface area contributed by atoms with Crippen molar-refractivity contribution in [2.75, 3.05) is 18.5 Å². The fraction of sp³-hybridized carbons (Fsp3) is 0.333. The largest absolute Gasteiger partial charge is 0.343 e. The molecule has 0 radical (unpaired) electrons. The monoisotopic (exact) mass is 346 g/mol. The van der Waals surface area contributed by atoms with Crippen LogP contribution in [0, 0.1) is 6.92 Å². The molecule has 112 valence electrons. The molecule has 2 aromatic rings. The summed E-state index contributed by atoms with van der Waals surface area (Å²) in [5.74, 6) is 0. The van der Waals surface area contributed by atoms with Crippen LogP contribution in [0.2, 0.25) is 0 Å². The van der Waals surface area contributed by atoms with Crippen molar-refractivity contribution in [2.45, 2.75) is 26.8 Å². The van der Waals surface area contributed by atoms with Crippen LogP contribution in [0.15, 0.2) is 46.9 Å². The molecule has 0 spiro atoms. The van der Waals surface area contributed by atoms with Crippen LogP contribution < -0.4 is 10.2 Å². The standard InChI is InChI=1S/C18H23BrN2/c1-5-20-14(3)15-10-11-18(16(19)12-15)21(4)17-9-7-6-8-13(17)2/h6-12,14,20H,5H2,1-4H3. The van der Waals surface area contributed by atoms with Crippen molar-refractivity contribution in [3.8, 4) is 0 Å². The molecule has 2 rings (SSSR count). The molecule has 21 heavy (non-hydrogen) atoms. The van der Waals surface area contributed by atoms with E-state index in [-0.39, 0.29) is 0 Å². The topological polar surface area (TPSA) is 15.3 Å². The van der Waals surface area contributed by atoms with Gasteiger partial charge in [0.2, 0.25) is 0 Å². The van der Waals surface area contributed by atoms with Gasteiger partial charge in [0.1, 0.15) is 0 Å².